The molecule has 0 aromatic carbocycles. The van der Waals surface area contributed by atoms with E-state index in [1.165, 1.54) is 10.6 Å². The molecule has 1 aromatic heterocycles. The lowest BCUT2D eigenvalue weighted by Gasteiger charge is -2.29. The van der Waals surface area contributed by atoms with Crippen molar-refractivity contribution >= 4 is 5.97 Å². The van der Waals surface area contributed by atoms with Gasteiger partial charge in [-0.1, -0.05) is 34.6 Å². The van der Waals surface area contributed by atoms with Crippen LogP contribution >= 0.6 is 0 Å². The second-order valence-electron chi connectivity index (χ2n) is 6.20. The Morgan fingerprint density at radius 2 is 1.90 bits per heavy atom. The molecule has 1 N–H and O–H groups in total. The molecule has 1 heterocycles. The highest BCUT2D eigenvalue weighted by atomic mass is 16.4. The summed E-state index contributed by atoms with van der Waals surface area (Å²) >= 11 is 0. The molecule has 0 aliphatic heterocycles. The SMILES string of the molecule is CC(C)C(C(=O)O)n1c(C(C)(C)C)ccc(C#N)c1=O. The van der Waals surface area contributed by atoms with Crippen LogP contribution in [0.15, 0.2) is 16.9 Å². The number of carboxylic acid groups (broad SMARTS) is 1. The number of nitrogens with zero attached hydrogens (tertiary/aromatic N) is 2. The zero-order valence-electron chi connectivity index (χ0n) is 12.5. The fraction of sp³-hybridized carbons (Fsp3) is 0.533. The van der Waals surface area contributed by atoms with Crippen LogP contribution in [0.25, 0.3) is 0 Å². The number of carbonyl (C=O) groups is 1. The molecule has 1 aromatic rings. The number of carboxylic acids is 1. The maximum atomic E-state index is 12.4. The maximum Gasteiger partial charge on any atom is 0.327 e. The topological polar surface area (TPSA) is 83.1 Å². The van der Waals surface area contributed by atoms with E-state index < -0.39 is 23.0 Å². The number of aliphatic carboxylic acids is 1. The van der Waals surface area contributed by atoms with Crippen LogP contribution in [0.4, 0.5) is 0 Å². The minimum atomic E-state index is -1.07. The van der Waals surface area contributed by atoms with Gasteiger partial charge >= 0.3 is 5.97 Å². The molecule has 108 valence electrons. The van der Waals surface area contributed by atoms with Gasteiger partial charge in [0.25, 0.3) is 5.56 Å². The van der Waals surface area contributed by atoms with Crippen molar-refractivity contribution in [1.29, 1.82) is 5.26 Å². The van der Waals surface area contributed by atoms with Crippen molar-refractivity contribution < 1.29 is 9.90 Å². The number of aromatic nitrogens is 1. The zero-order chi connectivity index (χ0) is 15.7. The number of rotatable bonds is 3. The highest BCUT2D eigenvalue weighted by Crippen LogP contribution is 2.27. The van der Waals surface area contributed by atoms with Gasteiger partial charge in [-0.2, -0.15) is 5.26 Å². The summed E-state index contributed by atoms with van der Waals surface area (Å²) < 4.78 is 1.26. The average Bonchev–Trinajstić information content (AvgIpc) is 2.28. The minimum Gasteiger partial charge on any atom is -0.480 e. The Kier molecular flexibility index (Phi) is 4.39. The second-order valence-corrected chi connectivity index (χ2v) is 6.20. The van der Waals surface area contributed by atoms with Gasteiger partial charge in [-0.25, -0.2) is 4.79 Å². The van der Waals surface area contributed by atoms with Crippen LogP contribution in [0, 0.1) is 17.2 Å². The quantitative estimate of drug-likeness (QED) is 0.918. The van der Waals surface area contributed by atoms with E-state index in [-0.39, 0.29) is 11.5 Å². The standard InChI is InChI=1S/C15H20N2O3/c1-9(2)12(14(19)20)17-11(15(3,4)5)7-6-10(8-16)13(17)18/h6-7,9,12H,1-5H3,(H,19,20). The van der Waals surface area contributed by atoms with Crippen molar-refractivity contribution in [3.8, 4) is 6.07 Å². The normalized spacial score (nSPS) is 13.1. The molecule has 0 amide bonds. The summed E-state index contributed by atoms with van der Waals surface area (Å²) in [5.41, 5.74) is -0.357. The van der Waals surface area contributed by atoms with Gasteiger partial charge in [0, 0.05) is 11.1 Å². The molecule has 20 heavy (non-hydrogen) atoms. The number of nitriles is 1. The molecule has 1 rings (SSSR count). The Morgan fingerprint density at radius 3 is 2.25 bits per heavy atom. The van der Waals surface area contributed by atoms with Crippen LogP contribution in [0.3, 0.4) is 0 Å². The van der Waals surface area contributed by atoms with Crippen LogP contribution < -0.4 is 5.56 Å². The van der Waals surface area contributed by atoms with E-state index in [0.717, 1.165) is 0 Å². The molecule has 0 radical (unpaired) electrons. The van der Waals surface area contributed by atoms with E-state index in [4.69, 9.17) is 5.26 Å². The molecule has 5 nitrogen and oxygen atoms in total. The predicted octanol–water partition coefficient (Wildman–Crippen LogP) is 2.30. The first-order chi connectivity index (χ1) is 9.11. The molecule has 5 heteroatoms. The summed E-state index contributed by atoms with van der Waals surface area (Å²) in [5, 5.41) is 18.4. The average molecular weight is 276 g/mol. The van der Waals surface area contributed by atoms with Gasteiger partial charge in [-0.15, -0.1) is 0 Å². The second kappa shape index (κ2) is 5.49. The van der Waals surface area contributed by atoms with Gasteiger partial charge in [0.2, 0.25) is 0 Å². The highest BCUT2D eigenvalue weighted by Gasteiger charge is 2.30. The van der Waals surface area contributed by atoms with Crippen molar-refractivity contribution in [2.24, 2.45) is 5.92 Å². The Balaban J connectivity index is 3.77. The number of pyridine rings is 1. The molecule has 0 bridgehead atoms. The maximum absolute atomic E-state index is 12.4. The summed E-state index contributed by atoms with van der Waals surface area (Å²) in [6.45, 7) is 9.21. The first-order valence-electron chi connectivity index (χ1n) is 6.50. The molecule has 1 atom stereocenters. The van der Waals surface area contributed by atoms with E-state index in [1.807, 2.05) is 26.8 Å². The fourth-order valence-corrected chi connectivity index (χ4v) is 2.22. The van der Waals surface area contributed by atoms with Gasteiger partial charge in [-0.05, 0) is 18.1 Å². The van der Waals surface area contributed by atoms with Crippen molar-refractivity contribution in [1.82, 2.24) is 4.57 Å². The third-order valence-corrected chi connectivity index (χ3v) is 3.17. The van der Waals surface area contributed by atoms with Gasteiger partial charge in [0.1, 0.15) is 17.7 Å². The summed E-state index contributed by atoms with van der Waals surface area (Å²) in [6, 6.07) is 3.96. The first-order valence-corrected chi connectivity index (χ1v) is 6.50. The van der Waals surface area contributed by atoms with Crippen molar-refractivity contribution in [2.45, 2.75) is 46.1 Å². The molecule has 1 unspecified atom stereocenters. The highest BCUT2D eigenvalue weighted by molar-refractivity contribution is 5.72. The van der Waals surface area contributed by atoms with Gasteiger partial charge in [-0.3, -0.25) is 9.36 Å². The summed E-state index contributed by atoms with van der Waals surface area (Å²) in [4.78, 5) is 23.9. The lowest BCUT2D eigenvalue weighted by molar-refractivity contribution is -0.142. The van der Waals surface area contributed by atoms with E-state index in [9.17, 15) is 14.7 Å². The summed E-state index contributed by atoms with van der Waals surface area (Å²) in [7, 11) is 0. The zero-order valence-corrected chi connectivity index (χ0v) is 12.5. The fourth-order valence-electron chi connectivity index (χ4n) is 2.22. The third kappa shape index (κ3) is 2.90. The monoisotopic (exact) mass is 276 g/mol. The van der Waals surface area contributed by atoms with E-state index in [2.05, 4.69) is 0 Å². The third-order valence-electron chi connectivity index (χ3n) is 3.17. The lowest BCUT2D eigenvalue weighted by Crippen LogP contribution is -2.39. The molecule has 0 spiro atoms. The Labute approximate surface area is 118 Å². The molecule has 0 saturated carbocycles. The van der Waals surface area contributed by atoms with Crippen LogP contribution in [0.5, 0.6) is 0 Å². The summed E-state index contributed by atoms with van der Waals surface area (Å²) in [5.74, 6) is -1.33. The lowest BCUT2D eigenvalue weighted by atomic mass is 9.89. The van der Waals surface area contributed by atoms with Crippen LogP contribution in [0.2, 0.25) is 0 Å². The van der Waals surface area contributed by atoms with Gasteiger partial charge < -0.3 is 5.11 Å². The molecular formula is C15H20N2O3. The summed E-state index contributed by atoms with van der Waals surface area (Å²) in [6.07, 6.45) is 0. The van der Waals surface area contributed by atoms with Gasteiger partial charge in [0.15, 0.2) is 0 Å². The Morgan fingerprint density at radius 1 is 1.35 bits per heavy atom. The molecule has 0 aliphatic rings. The predicted molar refractivity (Wildman–Crippen MR) is 75.6 cm³/mol. The van der Waals surface area contributed by atoms with E-state index >= 15 is 0 Å². The molecule has 0 aliphatic carbocycles. The van der Waals surface area contributed by atoms with E-state index in [0.29, 0.717) is 5.69 Å². The van der Waals surface area contributed by atoms with Crippen molar-refractivity contribution in [3.63, 3.8) is 0 Å². The number of hydrogen-bond donors (Lipinski definition) is 1. The minimum absolute atomic E-state index is 0.0371. The van der Waals surface area contributed by atoms with Crippen LogP contribution in [0.1, 0.15) is 51.9 Å². The number of hydrogen-bond acceptors (Lipinski definition) is 3. The first kappa shape index (κ1) is 16.0. The van der Waals surface area contributed by atoms with E-state index in [1.54, 1.807) is 19.9 Å². The molecule has 0 saturated heterocycles. The van der Waals surface area contributed by atoms with Crippen molar-refractivity contribution in [2.75, 3.05) is 0 Å². The Hall–Kier alpha value is -2.09. The largest absolute Gasteiger partial charge is 0.480 e. The Bertz CT molecular complexity index is 615. The van der Waals surface area contributed by atoms with Crippen LogP contribution in [-0.2, 0) is 10.2 Å². The smallest absolute Gasteiger partial charge is 0.327 e. The van der Waals surface area contributed by atoms with Crippen LogP contribution in [-0.4, -0.2) is 15.6 Å². The van der Waals surface area contributed by atoms with Gasteiger partial charge in [0.05, 0.1) is 0 Å². The molecule has 0 fully saturated rings. The molecular weight excluding hydrogens is 256 g/mol. The van der Waals surface area contributed by atoms with Crippen molar-refractivity contribution in [3.05, 3.63) is 33.7 Å².